The zero-order valence-electron chi connectivity index (χ0n) is 18.7. The first-order chi connectivity index (χ1) is 16.1. The Morgan fingerprint density at radius 1 is 1.12 bits per heavy atom. The number of nitrogens with zero attached hydrogens (tertiary/aromatic N) is 4. The molecule has 3 aromatic rings. The number of rotatable bonds is 9. The van der Waals surface area contributed by atoms with Crippen molar-refractivity contribution >= 4 is 29.3 Å². The van der Waals surface area contributed by atoms with Gasteiger partial charge in [0.2, 0.25) is 5.91 Å². The van der Waals surface area contributed by atoms with E-state index >= 15 is 0 Å². The fourth-order valence-electron chi connectivity index (χ4n) is 3.68. The van der Waals surface area contributed by atoms with Crippen molar-refractivity contribution in [2.75, 3.05) is 32.1 Å². The van der Waals surface area contributed by atoms with Crippen LogP contribution in [0.4, 0.5) is 0 Å². The SMILES string of the molecule is CCn1c(SCC(=O)NCc2ccc(CN3CCOCC3)cc2)nnc1-c1cccc(Cl)c1. The number of hydrogen-bond donors (Lipinski definition) is 1. The molecule has 33 heavy (non-hydrogen) atoms. The van der Waals surface area contributed by atoms with E-state index in [9.17, 15) is 4.79 Å². The molecule has 1 aromatic heterocycles. The third-order valence-electron chi connectivity index (χ3n) is 5.47. The van der Waals surface area contributed by atoms with E-state index in [4.69, 9.17) is 16.3 Å². The molecule has 1 aliphatic heterocycles. The van der Waals surface area contributed by atoms with Crippen molar-refractivity contribution in [3.8, 4) is 11.4 Å². The molecule has 0 unspecified atom stereocenters. The zero-order valence-corrected chi connectivity index (χ0v) is 20.2. The van der Waals surface area contributed by atoms with Gasteiger partial charge < -0.3 is 14.6 Å². The third kappa shape index (κ3) is 6.57. The summed E-state index contributed by atoms with van der Waals surface area (Å²) in [4.78, 5) is 14.8. The smallest absolute Gasteiger partial charge is 0.230 e. The number of carbonyl (C=O) groups excluding carboxylic acids is 1. The van der Waals surface area contributed by atoms with Gasteiger partial charge in [0.25, 0.3) is 0 Å². The minimum atomic E-state index is -0.0349. The van der Waals surface area contributed by atoms with E-state index in [0.29, 0.717) is 18.1 Å². The number of carbonyl (C=O) groups is 1. The van der Waals surface area contributed by atoms with Gasteiger partial charge in [-0.1, -0.05) is 59.8 Å². The summed E-state index contributed by atoms with van der Waals surface area (Å²) in [7, 11) is 0. The summed E-state index contributed by atoms with van der Waals surface area (Å²) in [6.45, 7) is 7.73. The zero-order chi connectivity index (χ0) is 23.0. The Morgan fingerprint density at radius 2 is 1.88 bits per heavy atom. The fraction of sp³-hybridized carbons (Fsp3) is 0.375. The Morgan fingerprint density at radius 3 is 2.61 bits per heavy atom. The molecule has 0 aliphatic carbocycles. The molecule has 0 atom stereocenters. The van der Waals surface area contributed by atoms with Crippen molar-refractivity contribution in [2.24, 2.45) is 0 Å². The summed E-state index contributed by atoms with van der Waals surface area (Å²) in [5, 5.41) is 13.0. The second-order valence-corrected chi connectivity index (χ2v) is 9.21. The van der Waals surface area contributed by atoms with Crippen LogP contribution in [0.5, 0.6) is 0 Å². The van der Waals surface area contributed by atoms with Crippen LogP contribution in [0, 0.1) is 0 Å². The minimum absolute atomic E-state index is 0.0349. The van der Waals surface area contributed by atoms with Gasteiger partial charge in [0, 0.05) is 43.3 Å². The average molecular weight is 486 g/mol. The molecule has 2 aromatic carbocycles. The Hall–Kier alpha value is -2.39. The lowest BCUT2D eigenvalue weighted by Crippen LogP contribution is -2.35. The van der Waals surface area contributed by atoms with Gasteiger partial charge in [-0.05, 0) is 30.2 Å². The number of halogens is 1. The Bertz CT molecular complexity index is 1070. The van der Waals surface area contributed by atoms with Crippen LogP contribution in [0.25, 0.3) is 11.4 Å². The summed E-state index contributed by atoms with van der Waals surface area (Å²) >= 11 is 7.50. The van der Waals surface area contributed by atoms with E-state index in [1.165, 1.54) is 17.3 Å². The minimum Gasteiger partial charge on any atom is -0.379 e. The second kappa shape index (κ2) is 11.7. The van der Waals surface area contributed by atoms with Gasteiger partial charge in [0.15, 0.2) is 11.0 Å². The van der Waals surface area contributed by atoms with Crippen LogP contribution in [0.2, 0.25) is 5.02 Å². The number of nitrogens with one attached hydrogen (secondary N) is 1. The molecule has 1 amide bonds. The molecule has 0 bridgehead atoms. The molecule has 0 saturated carbocycles. The highest BCUT2D eigenvalue weighted by molar-refractivity contribution is 7.99. The van der Waals surface area contributed by atoms with Gasteiger partial charge in [-0.15, -0.1) is 10.2 Å². The number of morpholine rings is 1. The molecular weight excluding hydrogens is 458 g/mol. The first kappa shape index (κ1) is 23.8. The van der Waals surface area contributed by atoms with Gasteiger partial charge >= 0.3 is 0 Å². The lowest BCUT2D eigenvalue weighted by atomic mass is 10.1. The molecule has 4 rings (SSSR count). The Kier molecular flexibility index (Phi) is 8.39. The topological polar surface area (TPSA) is 72.3 Å². The van der Waals surface area contributed by atoms with Crippen LogP contribution in [0.3, 0.4) is 0 Å². The molecule has 2 heterocycles. The van der Waals surface area contributed by atoms with E-state index < -0.39 is 0 Å². The average Bonchev–Trinajstić information content (AvgIpc) is 3.26. The molecule has 0 radical (unpaired) electrons. The van der Waals surface area contributed by atoms with Crippen molar-refractivity contribution in [2.45, 2.75) is 31.7 Å². The van der Waals surface area contributed by atoms with Crippen LogP contribution < -0.4 is 5.32 Å². The van der Waals surface area contributed by atoms with Crippen LogP contribution >= 0.6 is 23.4 Å². The van der Waals surface area contributed by atoms with Crippen LogP contribution in [-0.4, -0.2) is 57.6 Å². The standard InChI is InChI=1S/C24H28ClN5O2S/c1-2-30-23(20-4-3-5-21(25)14-20)27-28-24(30)33-17-22(31)26-15-18-6-8-19(9-7-18)16-29-10-12-32-13-11-29/h3-9,14H,2,10-13,15-17H2,1H3,(H,26,31). The lowest BCUT2D eigenvalue weighted by molar-refractivity contribution is -0.118. The van der Waals surface area contributed by atoms with Crippen LogP contribution in [0.1, 0.15) is 18.1 Å². The summed E-state index contributed by atoms with van der Waals surface area (Å²) in [5.74, 6) is 0.996. The van der Waals surface area contributed by atoms with Gasteiger partial charge in [-0.3, -0.25) is 9.69 Å². The molecule has 9 heteroatoms. The van der Waals surface area contributed by atoms with E-state index in [0.717, 1.165) is 55.0 Å². The summed E-state index contributed by atoms with van der Waals surface area (Å²) in [6.07, 6.45) is 0. The molecule has 0 spiro atoms. The van der Waals surface area contributed by atoms with Gasteiger partial charge in [0.05, 0.1) is 19.0 Å². The highest BCUT2D eigenvalue weighted by Gasteiger charge is 2.15. The molecule has 1 N–H and O–H groups in total. The van der Waals surface area contributed by atoms with Gasteiger partial charge in [0.1, 0.15) is 0 Å². The molecule has 7 nitrogen and oxygen atoms in total. The van der Waals surface area contributed by atoms with E-state index in [1.807, 2.05) is 35.8 Å². The first-order valence-electron chi connectivity index (χ1n) is 11.1. The number of thioether (sulfide) groups is 1. The fourth-order valence-corrected chi connectivity index (χ4v) is 4.71. The Labute approximate surface area is 203 Å². The maximum atomic E-state index is 12.4. The number of amides is 1. The predicted octanol–water partition coefficient (Wildman–Crippen LogP) is 3.86. The largest absolute Gasteiger partial charge is 0.379 e. The quantitative estimate of drug-likeness (QED) is 0.464. The summed E-state index contributed by atoms with van der Waals surface area (Å²) in [6, 6.07) is 16.0. The van der Waals surface area contributed by atoms with Gasteiger partial charge in [-0.25, -0.2) is 0 Å². The molecule has 1 saturated heterocycles. The van der Waals surface area contributed by atoms with E-state index in [1.54, 1.807) is 0 Å². The molecule has 174 valence electrons. The first-order valence-corrected chi connectivity index (χ1v) is 12.5. The highest BCUT2D eigenvalue weighted by atomic mass is 35.5. The van der Waals surface area contributed by atoms with E-state index in [-0.39, 0.29) is 11.7 Å². The van der Waals surface area contributed by atoms with Crippen molar-refractivity contribution in [3.63, 3.8) is 0 Å². The van der Waals surface area contributed by atoms with Crippen LogP contribution in [-0.2, 0) is 29.2 Å². The highest BCUT2D eigenvalue weighted by Crippen LogP contribution is 2.25. The maximum absolute atomic E-state index is 12.4. The van der Waals surface area contributed by atoms with Crippen LogP contribution in [0.15, 0.2) is 53.7 Å². The second-order valence-electron chi connectivity index (χ2n) is 7.83. The Balaban J connectivity index is 1.26. The van der Waals surface area contributed by atoms with Crippen molar-refractivity contribution in [3.05, 3.63) is 64.7 Å². The summed E-state index contributed by atoms with van der Waals surface area (Å²) in [5.41, 5.74) is 3.27. The number of ether oxygens (including phenoxy) is 1. The predicted molar refractivity (Wildman–Crippen MR) is 131 cm³/mol. The number of hydrogen-bond acceptors (Lipinski definition) is 6. The molecular formula is C24H28ClN5O2S. The van der Waals surface area contributed by atoms with Crippen molar-refractivity contribution < 1.29 is 9.53 Å². The molecule has 1 aliphatic rings. The van der Waals surface area contributed by atoms with Crippen molar-refractivity contribution in [1.29, 1.82) is 0 Å². The summed E-state index contributed by atoms with van der Waals surface area (Å²) < 4.78 is 7.40. The molecule has 1 fully saturated rings. The maximum Gasteiger partial charge on any atom is 0.230 e. The normalized spacial score (nSPS) is 14.4. The van der Waals surface area contributed by atoms with E-state index in [2.05, 4.69) is 44.7 Å². The monoisotopic (exact) mass is 485 g/mol. The lowest BCUT2D eigenvalue weighted by Gasteiger charge is -2.26. The van der Waals surface area contributed by atoms with Gasteiger partial charge in [-0.2, -0.15) is 0 Å². The number of aromatic nitrogens is 3. The number of benzene rings is 2. The van der Waals surface area contributed by atoms with Crippen molar-refractivity contribution in [1.82, 2.24) is 25.0 Å². The third-order valence-corrected chi connectivity index (χ3v) is 6.67.